The van der Waals surface area contributed by atoms with Crippen molar-refractivity contribution in [3.63, 3.8) is 0 Å². The molecule has 21 heavy (non-hydrogen) atoms. The SMILES string of the molecule is COc1ccc(-c2nc(N)nc(N)c2C#N)cc1CC#N. The van der Waals surface area contributed by atoms with E-state index in [-0.39, 0.29) is 23.8 Å². The molecule has 0 saturated carbocycles. The van der Waals surface area contributed by atoms with E-state index in [2.05, 4.69) is 16.0 Å². The molecule has 0 radical (unpaired) electrons. The fraction of sp³-hybridized carbons (Fsp3) is 0.143. The second-order valence-electron chi connectivity index (χ2n) is 4.16. The summed E-state index contributed by atoms with van der Waals surface area (Å²) in [7, 11) is 1.53. The first kappa shape index (κ1) is 14.1. The number of nitrogens with zero attached hydrogens (tertiary/aromatic N) is 4. The molecular weight excluding hydrogens is 268 g/mol. The van der Waals surface area contributed by atoms with Gasteiger partial charge < -0.3 is 16.2 Å². The number of rotatable bonds is 3. The van der Waals surface area contributed by atoms with Crippen LogP contribution in [0.2, 0.25) is 0 Å². The van der Waals surface area contributed by atoms with Crippen molar-refractivity contribution in [3.05, 3.63) is 29.3 Å². The summed E-state index contributed by atoms with van der Waals surface area (Å²) in [6.45, 7) is 0. The zero-order valence-electron chi connectivity index (χ0n) is 11.3. The lowest BCUT2D eigenvalue weighted by Gasteiger charge is -2.10. The third-order valence-corrected chi connectivity index (χ3v) is 2.89. The van der Waals surface area contributed by atoms with Gasteiger partial charge in [-0.3, -0.25) is 0 Å². The molecule has 2 aromatic rings. The van der Waals surface area contributed by atoms with Gasteiger partial charge in [-0.2, -0.15) is 15.5 Å². The second kappa shape index (κ2) is 5.76. The Bertz CT molecular complexity index is 772. The van der Waals surface area contributed by atoms with Crippen LogP contribution in [-0.4, -0.2) is 17.1 Å². The van der Waals surface area contributed by atoms with E-state index in [9.17, 15) is 5.26 Å². The predicted molar refractivity (Wildman–Crippen MR) is 76.9 cm³/mol. The van der Waals surface area contributed by atoms with Crippen LogP contribution in [0.1, 0.15) is 11.1 Å². The highest BCUT2D eigenvalue weighted by Gasteiger charge is 2.15. The molecule has 0 aliphatic carbocycles. The molecule has 0 fully saturated rings. The summed E-state index contributed by atoms with van der Waals surface area (Å²) < 4.78 is 5.19. The van der Waals surface area contributed by atoms with Gasteiger partial charge in [0, 0.05) is 11.1 Å². The summed E-state index contributed by atoms with van der Waals surface area (Å²) >= 11 is 0. The first-order valence-electron chi connectivity index (χ1n) is 5.98. The Hall–Kier alpha value is -3.32. The molecule has 1 aromatic carbocycles. The molecular formula is C14H12N6O. The maximum Gasteiger partial charge on any atom is 0.222 e. The number of hydrogen-bond donors (Lipinski definition) is 2. The van der Waals surface area contributed by atoms with Crippen molar-refractivity contribution in [1.82, 2.24) is 9.97 Å². The second-order valence-corrected chi connectivity index (χ2v) is 4.16. The van der Waals surface area contributed by atoms with E-state index in [1.165, 1.54) is 7.11 Å². The molecule has 104 valence electrons. The molecule has 1 aromatic heterocycles. The summed E-state index contributed by atoms with van der Waals surface area (Å²) in [5.41, 5.74) is 13.1. The highest BCUT2D eigenvalue weighted by molar-refractivity contribution is 5.74. The lowest BCUT2D eigenvalue weighted by atomic mass is 10.0. The van der Waals surface area contributed by atoms with Crippen molar-refractivity contribution in [2.75, 3.05) is 18.6 Å². The smallest absolute Gasteiger partial charge is 0.222 e. The van der Waals surface area contributed by atoms with Crippen LogP contribution in [-0.2, 0) is 6.42 Å². The molecule has 0 atom stereocenters. The average molecular weight is 280 g/mol. The van der Waals surface area contributed by atoms with Crippen LogP contribution < -0.4 is 16.2 Å². The topological polar surface area (TPSA) is 135 Å². The van der Waals surface area contributed by atoms with E-state index in [0.29, 0.717) is 22.6 Å². The minimum absolute atomic E-state index is 0.0147. The molecule has 0 amide bonds. The molecule has 0 bridgehead atoms. The van der Waals surface area contributed by atoms with Crippen LogP contribution in [0.5, 0.6) is 5.75 Å². The number of ether oxygens (including phenoxy) is 1. The molecule has 2 rings (SSSR count). The van der Waals surface area contributed by atoms with E-state index in [1.54, 1.807) is 18.2 Å². The fourth-order valence-corrected chi connectivity index (χ4v) is 1.96. The normalized spacial score (nSPS) is 9.67. The first-order valence-corrected chi connectivity index (χ1v) is 5.98. The van der Waals surface area contributed by atoms with Crippen molar-refractivity contribution < 1.29 is 4.74 Å². The Kier molecular flexibility index (Phi) is 3.87. The van der Waals surface area contributed by atoms with E-state index in [4.69, 9.17) is 21.5 Å². The van der Waals surface area contributed by atoms with Gasteiger partial charge in [0.25, 0.3) is 0 Å². The van der Waals surface area contributed by atoms with Crippen LogP contribution in [0.15, 0.2) is 18.2 Å². The summed E-state index contributed by atoms with van der Waals surface area (Å²) in [6.07, 6.45) is 0.176. The van der Waals surface area contributed by atoms with Crippen molar-refractivity contribution in [3.8, 4) is 29.1 Å². The van der Waals surface area contributed by atoms with Crippen LogP contribution >= 0.6 is 0 Å². The van der Waals surface area contributed by atoms with Crippen LogP contribution in [0.3, 0.4) is 0 Å². The molecule has 0 spiro atoms. The Balaban J connectivity index is 2.66. The van der Waals surface area contributed by atoms with Gasteiger partial charge in [-0.15, -0.1) is 0 Å². The molecule has 7 nitrogen and oxygen atoms in total. The van der Waals surface area contributed by atoms with Crippen LogP contribution in [0.4, 0.5) is 11.8 Å². The van der Waals surface area contributed by atoms with E-state index in [1.807, 2.05) is 6.07 Å². The van der Waals surface area contributed by atoms with E-state index >= 15 is 0 Å². The van der Waals surface area contributed by atoms with Crippen molar-refractivity contribution in [2.45, 2.75) is 6.42 Å². The van der Waals surface area contributed by atoms with Crippen molar-refractivity contribution in [2.24, 2.45) is 0 Å². The number of methoxy groups -OCH3 is 1. The Morgan fingerprint density at radius 1 is 1.24 bits per heavy atom. The molecule has 1 heterocycles. The summed E-state index contributed by atoms with van der Waals surface area (Å²) in [5.74, 6) is 0.602. The monoisotopic (exact) mass is 280 g/mol. The molecule has 0 unspecified atom stereocenters. The molecule has 7 heteroatoms. The average Bonchev–Trinajstić information content (AvgIpc) is 2.47. The lowest BCUT2D eigenvalue weighted by molar-refractivity contribution is 0.411. The van der Waals surface area contributed by atoms with Gasteiger partial charge in [-0.25, -0.2) is 4.98 Å². The number of hydrogen-bond acceptors (Lipinski definition) is 7. The third-order valence-electron chi connectivity index (χ3n) is 2.89. The highest BCUT2D eigenvalue weighted by Crippen LogP contribution is 2.29. The lowest BCUT2D eigenvalue weighted by Crippen LogP contribution is -2.05. The maximum absolute atomic E-state index is 9.20. The number of aromatic nitrogens is 2. The van der Waals surface area contributed by atoms with Gasteiger partial charge in [0.1, 0.15) is 23.2 Å². The van der Waals surface area contributed by atoms with Gasteiger partial charge >= 0.3 is 0 Å². The minimum Gasteiger partial charge on any atom is -0.496 e. The van der Waals surface area contributed by atoms with Gasteiger partial charge in [-0.1, -0.05) is 0 Å². The van der Waals surface area contributed by atoms with Gasteiger partial charge in [0.15, 0.2) is 0 Å². The number of benzene rings is 1. The number of nitrogen functional groups attached to an aromatic ring is 2. The number of anilines is 2. The van der Waals surface area contributed by atoms with Gasteiger partial charge in [-0.05, 0) is 18.2 Å². The minimum atomic E-state index is -0.0147. The Morgan fingerprint density at radius 3 is 2.62 bits per heavy atom. The van der Waals surface area contributed by atoms with Gasteiger partial charge in [0.05, 0.1) is 25.3 Å². The molecule has 0 saturated heterocycles. The fourth-order valence-electron chi connectivity index (χ4n) is 1.96. The summed E-state index contributed by atoms with van der Waals surface area (Å²) in [4.78, 5) is 7.84. The van der Waals surface area contributed by atoms with Crippen LogP contribution in [0.25, 0.3) is 11.3 Å². The highest BCUT2D eigenvalue weighted by atomic mass is 16.5. The van der Waals surface area contributed by atoms with E-state index < -0.39 is 0 Å². The van der Waals surface area contributed by atoms with E-state index in [0.717, 1.165) is 0 Å². The zero-order valence-corrected chi connectivity index (χ0v) is 11.3. The largest absolute Gasteiger partial charge is 0.496 e. The quantitative estimate of drug-likeness (QED) is 0.863. The van der Waals surface area contributed by atoms with Gasteiger partial charge in [0.2, 0.25) is 5.95 Å². The number of nitriles is 2. The van der Waals surface area contributed by atoms with Crippen LogP contribution in [0, 0.1) is 22.7 Å². The Morgan fingerprint density at radius 2 is 2.00 bits per heavy atom. The Labute approximate surface area is 121 Å². The van der Waals surface area contributed by atoms with Crippen molar-refractivity contribution in [1.29, 1.82) is 10.5 Å². The first-order chi connectivity index (χ1) is 10.1. The zero-order chi connectivity index (χ0) is 15.4. The predicted octanol–water partition coefficient (Wildman–Crippen LogP) is 1.25. The maximum atomic E-state index is 9.20. The standard InChI is InChI=1S/C14H12N6O/c1-21-11-3-2-9(6-8(11)4-5-15)12-10(7-16)13(17)20-14(18)19-12/h2-3,6H,4H2,1H3,(H4,17,18,19,20). The molecule has 4 N–H and O–H groups in total. The molecule has 0 aliphatic rings. The summed E-state index contributed by atoms with van der Waals surface area (Å²) in [6, 6.07) is 9.19. The number of nitrogens with two attached hydrogens (primary N) is 2. The molecule has 0 aliphatic heterocycles. The third kappa shape index (κ3) is 2.67. The summed E-state index contributed by atoms with van der Waals surface area (Å²) in [5, 5.41) is 18.1. The van der Waals surface area contributed by atoms with Crippen molar-refractivity contribution >= 4 is 11.8 Å².